The molecule has 188 valence electrons. The Balaban J connectivity index is 1.26. The van der Waals surface area contributed by atoms with E-state index in [0.717, 1.165) is 90.9 Å². The van der Waals surface area contributed by atoms with Gasteiger partial charge in [0.05, 0.1) is 11.0 Å². The molecule has 4 heterocycles. The molecule has 1 atom stereocenters. The summed E-state index contributed by atoms with van der Waals surface area (Å²) in [6, 6.07) is 12.0. The van der Waals surface area contributed by atoms with Gasteiger partial charge in [-0.2, -0.15) is 5.10 Å². The number of aromatic amines is 1. The standard InChI is InChI=1S/C27H34N8O/c1-4-8-26-30-22-10-5-6-11-23(22)35(26)17-27(36)34-12-7-9-20(16-34)14-21-15-24(29-19(3)28-21)31-25-13-18(2)32-33-25/h5-6,10-11,13,15,20H,4,7-9,12,14,16-17H2,1-3H3,(H2,28,29,31,32,33). The van der Waals surface area contributed by atoms with Crippen LogP contribution in [0.1, 0.15) is 49.2 Å². The Bertz CT molecular complexity index is 1360. The highest BCUT2D eigenvalue weighted by molar-refractivity contribution is 5.81. The SMILES string of the molecule is CCCc1nc2ccccc2n1CC(=O)N1CCCC(Cc2cc(Nc3cc(C)[nH]n3)nc(C)n2)C1. The van der Waals surface area contributed by atoms with E-state index in [0.29, 0.717) is 12.5 Å². The summed E-state index contributed by atoms with van der Waals surface area (Å²) in [6.45, 7) is 7.91. The van der Waals surface area contributed by atoms with Crippen LogP contribution in [0.2, 0.25) is 0 Å². The molecule has 5 rings (SSSR count). The monoisotopic (exact) mass is 486 g/mol. The molecule has 1 amide bonds. The molecule has 0 spiro atoms. The molecule has 3 aromatic heterocycles. The first-order valence-corrected chi connectivity index (χ1v) is 12.8. The van der Waals surface area contributed by atoms with Gasteiger partial charge in [0.25, 0.3) is 0 Å². The Labute approximate surface area is 211 Å². The maximum atomic E-state index is 13.4. The summed E-state index contributed by atoms with van der Waals surface area (Å²) >= 11 is 0. The van der Waals surface area contributed by atoms with E-state index in [1.165, 1.54) is 0 Å². The van der Waals surface area contributed by atoms with Crippen LogP contribution in [0.3, 0.4) is 0 Å². The topological polar surface area (TPSA) is 105 Å². The summed E-state index contributed by atoms with van der Waals surface area (Å²) in [5.74, 6) is 3.72. The zero-order valence-corrected chi connectivity index (χ0v) is 21.3. The number of hydrogen-bond acceptors (Lipinski definition) is 6. The number of likely N-dealkylation sites (tertiary alicyclic amines) is 1. The lowest BCUT2D eigenvalue weighted by molar-refractivity contribution is -0.133. The third kappa shape index (κ3) is 5.40. The van der Waals surface area contributed by atoms with Gasteiger partial charge in [0.15, 0.2) is 5.82 Å². The van der Waals surface area contributed by atoms with Crippen LogP contribution in [0, 0.1) is 19.8 Å². The van der Waals surface area contributed by atoms with Crippen LogP contribution >= 0.6 is 0 Å². The number of carbonyl (C=O) groups excluding carboxylic acids is 1. The molecule has 0 radical (unpaired) electrons. The number of imidazole rings is 1. The normalized spacial score (nSPS) is 16.0. The Morgan fingerprint density at radius 3 is 2.81 bits per heavy atom. The van der Waals surface area contributed by atoms with E-state index in [9.17, 15) is 4.79 Å². The Kier molecular flexibility index (Phi) is 6.97. The van der Waals surface area contributed by atoms with Crippen molar-refractivity contribution < 1.29 is 4.79 Å². The minimum Gasteiger partial charge on any atom is -0.341 e. The van der Waals surface area contributed by atoms with Crippen LogP contribution in [0.4, 0.5) is 11.6 Å². The number of H-pyrrole nitrogens is 1. The number of piperidine rings is 1. The fourth-order valence-electron chi connectivity index (χ4n) is 5.12. The molecular formula is C27H34N8O. The summed E-state index contributed by atoms with van der Waals surface area (Å²) in [4.78, 5) is 29.4. The molecular weight excluding hydrogens is 452 g/mol. The van der Waals surface area contributed by atoms with Crippen molar-refractivity contribution in [1.82, 2.24) is 34.6 Å². The van der Waals surface area contributed by atoms with Gasteiger partial charge < -0.3 is 14.8 Å². The van der Waals surface area contributed by atoms with Gasteiger partial charge in [-0.15, -0.1) is 0 Å². The van der Waals surface area contributed by atoms with Gasteiger partial charge in [-0.25, -0.2) is 15.0 Å². The van der Waals surface area contributed by atoms with Crippen LogP contribution in [0.15, 0.2) is 36.4 Å². The van der Waals surface area contributed by atoms with E-state index in [1.54, 1.807) is 0 Å². The first-order chi connectivity index (χ1) is 17.5. The number of para-hydroxylation sites is 2. The van der Waals surface area contributed by atoms with Crippen molar-refractivity contribution in [2.24, 2.45) is 5.92 Å². The molecule has 1 fully saturated rings. The highest BCUT2D eigenvalue weighted by atomic mass is 16.2. The molecule has 0 bridgehead atoms. The molecule has 1 unspecified atom stereocenters. The fraction of sp³-hybridized carbons (Fsp3) is 0.444. The molecule has 36 heavy (non-hydrogen) atoms. The van der Waals surface area contributed by atoms with E-state index in [-0.39, 0.29) is 5.91 Å². The van der Waals surface area contributed by atoms with E-state index >= 15 is 0 Å². The van der Waals surface area contributed by atoms with Crippen molar-refractivity contribution >= 4 is 28.6 Å². The molecule has 1 aliphatic heterocycles. The number of carbonyl (C=O) groups is 1. The van der Waals surface area contributed by atoms with Gasteiger partial charge in [0.2, 0.25) is 5.91 Å². The molecule has 0 aliphatic carbocycles. The predicted octanol–water partition coefficient (Wildman–Crippen LogP) is 4.34. The second-order valence-electron chi connectivity index (χ2n) is 9.76. The van der Waals surface area contributed by atoms with Crippen molar-refractivity contribution in [3.05, 3.63) is 59.4 Å². The highest BCUT2D eigenvalue weighted by Gasteiger charge is 2.25. The van der Waals surface area contributed by atoms with Crippen LogP contribution in [-0.4, -0.2) is 53.6 Å². The average Bonchev–Trinajstić information content (AvgIpc) is 3.42. The molecule has 9 nitrogen and oxygen atoms in total. The quantitative estimate of drug-likeness (QED) is 0.384. The van der Waals surface area contributed by atoms with Crippen molar-refractivity contribution in [1.29, 1.82) is 0 Å². The summed E-state index contributed by atoms with van der Waals surface area (Å²) in [5.41, 5.74) is 3.97. The third-order valence-electron chi connectivity index (χ3n) is 6.72. The van der Waals surface area contributed by atoms with Gasteiger partial charge >= 0.3 is 0 Å². The van der Waals surface area contributed by atoms with Crippen LogP contribution in [-0.2, 0) is 24.2 Å². The smallest absolute Gasteiger partial charge is 0.242 e. The van der Waals surface area contributed by atoms with Gasteiger partial charge in [-0.1, -0.05) is 19.1 Å². The molecule has 9 heteroatoms. The highest BCUT2D eigenvalue weighted by Crippen LogP contribution is 2.24. The first-order valence-electron chi connectivity index (χ1n) is 12.8. The number of amides is 1. The molecule has 4 aromatic rings. The lowest BCUT2D eigenvalue weighted by Gasteiger charge is -2.33. The Morgan fingerprint density at radius 1 is 1.14 bits per heavy atom. The van der Waals surface area contributed by atoms with Crippen molar-refractivity contribution in [3.63, 3.8) is 0 Å². The van der Waals surface area contributed by atoms with Crippen LogP contribution < -0.4 is 5.32 Å². The van der Waals surface area contributed by atoms with Crippen molar-refractivity contribution in [2.75, 3.05) is 18.4 Å². The number of nitrogens with one attached hydrogen (secondary N) is 2. The summed E-state index contributed by atoms with van der Waals surface area (Å²) < 4.78 is 2.10. The number of fused-ring (bicyclic) bond motifs is 1. The summed E-state index contributed by atoms with van der Waals surface area (Å²) in [6.07, 6.45) is 4.77. The number of aryl methyl sites for hydroxylation is 3. The van der Waals surface area contributed by atoms with E-state index in [4.69, 9.17) is 4.98 Å². The van der Waals surface area contributed by atoms with Crippen LogP contribution in [0.25, 0.3) is 11.0 Å². The molecule has 2 N–H and O–H groups in total. The van der Waals surface area contributed by atoms with Crippen LogP contribution in [0.5, 0.6) is 0 Å². The van der Waals surface area contributed by atoms with E-state index in [2.05, 4.69) is 43.0 Å². The second-order valence-corrected chi connectivity index (χ2v) is 9.76. The van der Waals surface area contributed by atoms with Crippen molar-refractivity contribution in [2.45, 2.75) is 59.4 Å². The second kappa shape index (κ2) is 10.5. The Morgan fingerprint density at radius 2 is 2.00 bits per heavy atom. The minimum absolute atomic E-state index is 0.162. The number of anilines is 2. The zero-order valence-electron chi connectivity index (χ0n) is 21.3. The molecule has 0 saturated carbocycles. The lowest BCUT2D eigenvalue weighted by atomic mass is 9.93. The number of rotatable bonds is 8. The minimum atomic E-state index is 0.162. The predicted molar refractivity (Wildman–Crippen MR) is 140 cm³/mol. The summed E-state index contributed by atoms with van der Waals surface area (Å²) in [7, 11) is 0. The number of nitrogens with zero attached hydrogens (tertiary/aromatic N) is 6. The maximum Gasteiger partial charge on any atom is 0.242 e. The summed E-state index contributed by atoms with van der Waals surface area (Å²) in [5, 5.41) is 10.4. The average molecular weight is 487 g/mol. The molecule has 1 saturated heterocycles. The first kappa shape index (κ1) is 24.0. The third-order valence-corrected chi connectivity index (χ3v) is 6.72. The Hall–Kier alpha value is -3.75. The largest absolute Gasteiger partial charge is 0.341 e. The molecule has 1 aliphatic rings. The van der Waals surface area contributed by atoms with Crippen molar-refractivity contribution in [3.8, 4) is 0 Å². The van der Waals surface area contributed by atoms with E-state index in [1.807, 2.05) is 49.1 Å². The number of hydrogen-bond donors (Lipinski definition) is 2. The van der Waals surface area contributed by atoms with Gasteiger partial charge in [-0.05, 0) is 57.6 Å². The number of benzene rings is 1. The van der Waals surface area contributed by atoms with Gasteiger partial charge in [0, 0.05) is 43.0 Å². The fourth-order valence-corrected chi connectivity index (χ4v) is 5.12. The van der Waals surface area contributed by atoms with Gasteiger partial charge in [-0.3, -0.25) is 9.89 Å². The number of aromatic nitrogens is 6. The van der Waals surface area contributed by atoms with E-state index < -0.39 is 0 Å². The zero-order chi connectivity index (χ0) is 25.1. The maximum absolute atomic E-state index is 13.4. The molecule has 1 aromatic carbocycles. The lowest BCUT2D eigenvalue weighted by Crippen LogP contribution is -2.42. The van der Waals surface area contributed by atoms with Gasteiger partial charge in [0.1, 0.15) is 24.0 Å².